The van der Waals surface area contributed by atoms with Gasteiger partial charge in [-0.25, -0.2) is 9.59 Å². The van der Waals surface area contributed by atoms with E-state index >= 15 is 0 Å². The zero-order chi connectivity index (χ0) is 28.5. The van der Waals surface area contributed by atoms with Crippen LogP contribution < -0.4 is 27.0 Å². The van der Waals surface area contributed by atoms with Gasteiger partial charge in [-0.2, -0.15) is 0 Å². The first-order valence-electron chi connectivity index (χ1n) is 14.1. The quantitative estimate of drug-likeness (QED) is 0.216. The van der Waals surface area contributed by atoms with Gasteiger partial charge in [-0.05, 0) is 83.6 Å². The molecule has 0 fully saturated rings. The smallest absolute Gasteiger partial charge is 0.315 e. The Kier molecular flexibility index (Phi) is 15.6. The molecule has 0 aliphatic rings. The highest BCUT2D eigenvalue weighted by atomic mass is 16.2. The number of nitrogens with one attached hydrogen (secondary N) is 4. The van der Waals surface area contributed by atoms with E-state index in [1.165, 1.54) is 16.7 Å². The van der Waals surface area contributed by atoms with Crippen LogP contribution in [-0.4, -0.2) is 36.2 Å². The van der Waals surface area contributed by atoms with Crippen LogP contribution in [0.15, 0.2) is 48.5 Å². The van der Waals surface area contributed by atoms with Crippen LogP contribution in [0.3, 0.4) is 0 Å². The molecule has 0 unspecified atom stereocenters. The number of anilines is 1. The molecule has 0 saturated heterocycles. The standard InChI is InChI=1S/C16H26N2O.C15H25N3O/c1-5-6-13(3)17-16(19)18-14(4)11-15-9-7-12(2)8-10-15;1-4-5-11(2)17-15(19)18-12(3)10-13-6-8-14(16)9-7-13/h7-10,13-14H,5-6,11H2,1-4H3,(H2,17,18,19);6-9,11-12H,4-5,10,16H2,1-3H3,(H2,17,18,19)/t13-,14-;11-,12-/m11/s1. The number of hydrogen-bond donors (Lipinski definition) is 5. The zero-order valence-corrected chi connectivity index (χ0v) is 24.6. The normalized spacial score (nSPS) is 13.7. The lowest BCUT2D eigenvalue weighted by Gasteiger charge is -2.18. The number of hydrogen-bond acceptors (Lipinski definition) is 3. The van der Waals surface area contributed by atoms with Crippen LogP contribution >= 0.6 is 0 Å². The fraction of sp³-hybridized carbons (Fsp3) is 0.548. The van der Waals surface area contributed by atoms with Crippen LogP contribution in [0.5, 0.6) is 0 Å². The third-order valence-electron chi connectivity index (χ3n) is 6.14. The van der Waals surface area contributed by atoms with E-state index in [1.807, 2.05) is 52.0 Å². The minimum Gasteiger partial charge on any atom is -0.399 e. The number of urea groups is 2. The molecule has 2 aromatic carbocycles. The summed E-state index contributed by atoms with van der Waals surface area (Å²) >= 11 is 0. The molecule has 7 heteroatoms. The number of carbonyl (C=O) groups is 2. The van der Waals surface area contributed by atoms with Crippen molar-refractivity contribution in [1.82, 2.24) is 21.3 Å². The Morgan fingerprint density at radius 1 is 0.632 bits per heavy atom. The van der Waals surface area contributed by atoms with E-state index in [0.717, 1.165) is 44.2 Å². The first kappa shape index (κ1) is 32.8. The van der Waals surface area contributed by atoms with Crippen molar-refractivity contribution in [1.29, 1.82) is 0 Å². The molecule has 0 radical (unpaired) electrons. The Morgan fingerprint density at radius 2 is 0.974 bits per heavy atom. The lowest BCUT2D eigenvalue weighted by Crippen LogP contribution is -2.45. The average Bonchev–Trinajstić information content (AvgIpc) is 2.82. The molecule has 212 valence electrons. The van der Waals surface area contributed by atoms with Gasteiger partial charge in [0.2, 0.25) is 0 Å². The largest absolute Gasteiger partial charge is 0.399 e. The predicted molar refractivity (Wildman–Crippen MR) is 160 cm³/mol. The summed E-state index contributed by atoms with van der Waals surface area (Å²) in [6, 6.07) is 16.7. The summed E-state index contributed by atoms with van der Waals surface area (Å²) in [6.07, 6.45) is 5.83. The molecule has 4 amide bonds. The number of rotatable bonds is 12. The topological polar surface area (TPSA) is 108 Å². The maximum absolute atomic E-state index is 11.8. The fourth-order valence-corrected chi connectivity index (χ4v) is 4.18. The van der Waals surface area contributed by atoms with Gasteiger partial charge in [0.15, 0.2) is 0 Å². The Bertz CT molecular complexity index is 853. The highest BCUT2D eigenvalue weighted by Gasteiger charge is 2.11. The van der Waals surface area contributed by atoms with Crippen LogP contribution in [0.2, 0.25) is 0 Å². The average molecular weight is 526 g/mol. The molecule has 0 saturated carbocycles. The monoisotopic (exact) mass is 525 g/mol. The molecule has 0 heterocycles. The van der Waals surface area contributed by atoms with Crippen molar-refractivity contribution in [2.24, 2.45) is 0 Å². The third-order valence-corrected chi connectivity index (χ3v) is 6.14. The van der Waals surface area contributed by atoms with Crippen LogP contribution in [0.4, 0.5) is 15.3 Å². The molecule has 0 aliphatic heterocycles. The number of amides is 4. The van der Waals surface area contributed by atoms with Crippen LogP contribution in [0.1, 0.15) is 83.9 Å². The lowest BCUT2D eigenvalue weighted by atomic mass is 10.1. The van der Waals surface area contributed by atoms with Gasteiger partial charge in [0.05, 0.1) is 0 Å². The molecule has 2 aromatic rings. The number of nitrogen functional groups attached to an aromatic ring is 1. The van der Waals surface area contributed by atoms with Crippen molar-refractivity contribution >= 4 is 17.7 Å². The minimum absolute atomic E-state index is 0.0689. The third kappa shape index (κ3) is 15.1. The van der Waals surface area contributed by atoms with Crippen molar-refractivity contribution < 1.29 is 9.59 Å². The van der Waals surface area contributed by atoms with Crippen molar-refractivity contribution in [3.63, 3.8) is 0 Å². The molecule has 0 spiro atoms. The molecular weight excluding hydrogens is 474 g/mol. The first-order valence-corrected chi connectivity index (χ1v) is 14.1. The molecule has 0 aromatic heterocycles. The summed E-state index contributed by atoms with van der Waals surface area (Å²) in [5.41, 5.74) is 10.1. The van der Waals surface area contributed by atoms with E-state index in [2.05, 4.69) is 66.3 Å². The highest BCUT2D eigenvalue weighted by molar-refractivity contribution is 5.74. The maximum atomic E-state index is 11.8. The summed E-state index contributed by atoms with van der Waals surface area (Å²) in [6.45, 7) is 14.4. The van der Waals surface area contributed by atoms with E-state index in [1.54, 1.807) is 0 Å². The molecule has 7 nitrogen and oxygen atoms in total. The summed E-state index contributed by atoms with van der Waals surface area (Å²) in [7, 11) is 0. The van der Waals surface area contributed by atoms with Gasteiger partial charge in [0, 0.05) is 29.9 Å². The number of nitrogens with two attached hydrogens (primary N) is 1. The highest BCUT2D eigenvalue weighted by Crippen LogP contribution is 2.08. The Morgan fingerprint density at radius 3 is 1.34 bits per heavy atom. The molecule has 2 rings (SSSR count). The summed E-state index contributed by atoms with van der Waals surface area (Å²) in [5.74, 6) is 0. The number of aryl methyl sites for hydroxylation is 1. The van der Waals surface area contributed by atoms with Gasteiger partial charge in [0.25, 0.3) is 0 Å². The molecule has 0 bridgehead atoms. The van der Waals surface area contributed by atoms with Gasteiger partial charge < -0.3 is 27.0 Å². The van der Waals surface area contributed by atoms with Gasteiger partial charge in [-0.1, -0.05) is 68.7 Å². The van der Waals surface area contributed by atoms with Crippen molar-refractivity contribution in [2.75, 3.05) is 5.73 Å². The number of carbonyl (C=O) groups excluding carboxylic acids is 2. The van der Waals surface area contributed by atoms with Crippen molar-refractivity contribution in [3.05, 3.63) is 65.2 Å². The van der Waals surface area contributed by atoms with Crippen molar-refractivity contribution in [2.45, 2.75) is 111 Å². The SMILES string of the molecule is CCC[C@@H](C)NC(=O)N[C@H](C)Cc1ccc(C)cc1.CCC[C@@H](C)NC(=O)N[C@H](C)Cc1ccc(N)cc1. The fourth-order valence-electron chi connectivity index (χ4n) is 4.18. The second-order valence-corrected chi connectivity index (χ2v) is 10.6. The Hall–Kier alpha value is -3.22. The molecule has 4 atom stereocenters. The second kappa shape index (κ2) is 18.1. The van der Waals surface area contributed by atoms with E-state index in [4.69, 9.17) is 5.73 Å². The molecule has 0 aliphatic carbocycles. The molecule has 6 N–H and O–H groups in total. The summed E-state index contributed by atoms with van der Waals surface area (Å²) < 4.78 is 0. The van der Waals surface area contributed by atoms with Crippen LogP contribution in [0, 0.1) is 6.92 Å². The summed E-state index contributed by atoms with van der Waals surface area (Å²) in [4.78, 5) is 23.5. The summed E-state index contributed by atoms with van der Waals surface area (Å²) in [5, 5.41) is 11.8. The Balaban J connectivity index is 0.000000380. The maximum Gasteiger partial charge on any atom is 0.315 e. The van der Waals surface area contributed by atoms with Crippen LogP contribution in [0.25, 0.3) is 0 Å². The van der Waals surface area contributed by atoms with E-state index in [0.29, 0.717) is 0 Å². The lowest BCUT2D eigenvalue weighted by molar-refractivity contribution is 0.233. The van der Waals surface area contributed by atoms with Gasteiger partial charge >= 0.3 is 12.1 Å². The zero-order valence-electron chi connectivity index (χ0n) is 24.6. The Labute approximate surface area is 230 Å². The van der Waals surface area contributed by atoms with Gasteiger partial charge in [0.1, 0.15) is 0 Å². The van der Waals surface area contributed by atoms with Gasteiger partial charge in [-0.15, -0.1) is 0 Å². The second-order valence-electron chi connectivity index (χ2n) is 10.6. The first-order chi connectivity index (χ1) is 18.0. The molecular formula is C31H51N5O2. The van der Waals surface area contributed by atoms with E-state index < -0.39 is 0 Å². The predicted octanol–water partition coefficient (Wildman–Crippen LogP) is 6.10. The van der Waals surface area contributed by atoms with Crippen LogP contribution in [-0.2, 0) is 12.8 Å². The van der Waals surface area contributed by atoms with Gasteiger partial charge in [-0.3, -0.25) is 0 Å². The van der Waals surface area contributed by atoms with E-state index in [-0.39, 0.29) is 36.2 Å². The number of benzene rings is 2. The minimum atomic E-state index is -0.0936. The van der Waals surface area contributed by atoms with E-state index in [9.17, 15) is 9.59 Å². The molecule has 38 heavy (non-hydrogen) atoms. The van der Waals surface area contributed by atoms with Crippen molar-refractivity contribution in [3.8, 4) is 0 Å².